The molecule has 3 aromatic rings. The second-order valence-corrected chi connectivity index (χ2v) is 9.69. The van der Waals surface area contributed by atoms with Crippen LogP contribution in [-0.2, 0) is 4.79 Å². The molecule has 0 spiro atoms. The normalized spacial score (nSPS) is 16.1. The number of aliphatic carboxylic acids is 1. The Morgan fingerprint density at radius 3 is 2.34 bits per heavy atom. The summed E-state index contributed by atoms with van der Waals surface area (Å²) >= 11 is 12.1. The van der Waals surface area contributed by atoms with Crippen LogP contribution in [0.4, 0.5) is 5.69 Å². The van der Waals surface area contributed by atoms with E-state index in [1.807, 2.05) is 18.2 Å². The molecule has 0 bridgehead atoms. The van der Waals surface area contributed by atoms with Crippen LogP contribution in [0.2, 0.25) is 10.0 Å². The summed E-state index contributed by atoms with van der Waals surface area (Å²) in [7, 11) is 0. The number of carboxylic acids is 1. The van der Waals surface area contributed by atoms with Gasteiger partial charge in [-0.25, -0.2) is 0 Å². The third-order valence-corrected chi connectivity index (χ3v) is 6.81. The van der Waals surface area contributed by atoms with Crippen molar-refractivity contribution in [2.75, 3.05) is 24.6 Å². The van der Waals surface area contributed by atoms with Crippen LogP contribution in [0.15, 0.2) is 60.7 Å². The number of halogens is 2. The maximum absolute atomic E-state index is 11.2. The Morgan fingerprint density at radius 1 is 1.00 bits per heavy atom. The first-order valence-corrected chi connectivity index (χ1v) is 12.8. The van der Waals surface area contributed by atoms with E-state index in [0.717, 1.165) is 5.02 Å². The molecule has 10 heteroatoms. The summed E-state index contributed by atoms with van der Waals surface area (Å²) < 4.78 is 11.2. The van der Waals surface area contributed by atoms with Gasteiger partial charge in [-0.05, 0) is 74.2 Å². The first kappa shape index (κ1) is 30.1. The van der Waals surface area contributed by atoms with Gasteiger partial charge in [0.2, 0.25) is 5.91 Å². The van der Waals surface area contributed by atoms with Gasteiger partial charge in [-0.3, -0.25) is 4.79 Å². The smallest absolute Gasteiger partial charge is 0.549 e. The van der Waals surface area contributed by atoms with Crippen molar-refractivity contribution < 1.29 is 53.7 Å². The number of carbonyl (C=O) groups is 2. The Bertz CT molecular complexity index is 1270. The van der Waals surface area contributed by atoms with E-state index in [-0.39, 0.29) is 41.2 Å². The van der Waals surface area contributed by atoms with E-state index in [1.165, 1.54) is 56.2 Å². The largest absolute Gasteiger partial charge is 1.00 e. The number of amides is 1. The molecule has 5 rings (SSSR count). The van der Waals surface area contributed by atoms with Crippen LogP contribution in [0, 0.1) is 0 Å². The molecular weight excluding hydrogens is 538 g/mol. The molecule has 194 valence electrons. The molecule has 38 heavy (non-hydrogen) atoms. The second kappa shape index (κ2) is 14.1. The third kappa shape index (κ3) is 7.80. The first-order chi connectivity index (χ1) is 17.8. The van der Waals surface area contributed by atoms with E-state index in [4.69, 9.17) is 38.4 Å². The third-order valence-electron chi connectivity index (χ3n) is 6.28. The summed E-state index contributed by atoms with van der Waals surface area (Å²) in [5, 5.41) is 12.3. The van der Waals surface area contributed by atoms with Crippen molar-refractivity contribution in [1.82, 2.24) is 0 Å². The van der Waals surface area contributed by atoms with Crippen molar-refractivity contribution in [1.29, 1.82) is 0 Å². The predicted octanol–water partition coefficient (Wildman–Crippen LogP) is 2.18. The van der Waals surface area contributed by atoms with Gasteiger partial charge in [0.05, 0.1) is 11.6 Å². The van der Waals surface area contributed by atoms with E-state index >= 15 is 0 Å². The second-order valence-electron chi connectivity index (χ2n) is 8.85. The van der Waals surface area contributed by atoms with E-state index in [2.05, 4.69) is 11.0 Å². The van der Waals surface area contributed by atoms with Gasteiger partial charge in [-0.2, -0.15) is 0 Å². The average Bonchev–Trinajstić information content (AvgIpc) is 2.90. The van der Waals surface area contributed by atoms with Crippen LogP contribution in [0.5, 0.6) is 17.2 Å². The maximum atomic E-state index is 11.2. The van der Waals surface area contributed by atoms with E-state index < -0.39 is 17.8 Å². The van der Waals surface area contributed by atoms with Crippen LogP contribution in [0.25, 0.3) is 0 Å². The van der Waals surface area contributed by atoms with E-state index in [9.17, 15) is 14.7 Å². The van der Waals surface area contributed by atoms with E-state index in [0.29, 0.717) is 34.8 Å². The number of nitrogens with two attached hydrogens (primary N) is 1. The molecule has 2 heterocycles. The molecule has 7 nitrogen and oxygen atoms in total. The van der Waals surface area contributed by atoms with Crippen molar-refractivity contribution in [3.8, 4) is 17.2 Å². The summed E-state index contributed by atoms with van der Waals surface area (Å²) in [6.45, 7) is 2.64. The summed E-state index contributed by atoms with van der Waals surface area (Å²) in [6.07, 6.45) is 4.33. The molecule has 2 N–H and O–H groups in total. The molecule has 0 saturated carbocycles. The Hall–Kier alpha value is -2.42. The molecule has 0 radical (unpaired) electrons. The Balaban J connectivity index is 0.000000242. The molecular formula is C28H27Cl2N2NaO5. The minimum Gasteiger partial charge on any atom is -0.549 e. The Labute approximate surface area is 254 Å². The quantitative estimate of drug-likeness (QED) is 0.476. The van der Waals surface area contributed by atoms with Gasteiger partial charge in [0, 0.05) is 52.9 Å². The van der Waals surface area contributed by atoms with Crippen molar-refractivity contribution in [2.45, 2.75) is 31.6 Å². The first-order valence-electron chi connectivity index (χ1n) is 12.1. The van der Waals surface area contributed by atoms with Gasteiger partial charge in [0.15, 0.2) is 0 Å². The molecule has 2 aliphatic heterocycles. The molecule has 1 unspecified atom stereocenters. The number of carbonyl (C=O) groups excluding carboxylic acids is 2. The summed E-state index contributed by atoms with van der Waals surface area (Å²) in [4.78, 5) is 24.7. The standard InChI is InChI=1S/C17H14ClNO5.C11H14ClN.Na/c18-13-7-12-11(17(21)22)5-6-23-14(12)8-15(13)24-10-3-1-9(2-4-10)16(19)20;12-10-5-4-6-11(9-10)13-7-2-1-3-8-13;/h1-4,7-8,11H,5-6H2,(H2,19,20)(H,21,22);4-6,9H,1-3,7-8H2;/q;;+1/p-1. The monoisotopic (exact) mass is 564 g/mol. The molecule has 0 aromatic heterocycles. The van der Waals surface area contributed by atoms with Gasteiger partial charge >= 0.3 is 29.6 Å². The number of benzene rings is 3. The van der Waals surface area contributed by atoms with Gasteiger partial charge in [-0.1, -0.05) is 29.3 Å². The molecule has 3 aromatic carbocycles. The van der Waals surface area contributed by atoms with Gasteiger partial charge in [0.1, 0.15) is 17.2 Å². The molecule has 1 atom stereocenters. The molecule has 1 fully saturated rings. The number of hydrogen-bond donors (Lipinski definition) is 1. The zero-order valence-corrected chi connectivity index (χ0v) is 24.6. The number of carboxylic acid groups (broad SMARTS) is 1. The predicted molar refractivity (Wildman–Crippen MR) is 142 cm³/mol. The maximum Gasteiger partial charge on any atom is 1.00 e. The van der Waals surface area contributed by atoms with Crippen LogP contribution in [-0.4, -0.2) is 31.6 Å². The Kier molecular flexibility index (Phi) is 11.2. The number of anilines is 1. The fraction of sp³-hybridized carbons (Fsp3) is 0.286. The molecule has 1 amide bonds. The fourth-order valence-corrected chi connectivity index (χ4v) is 4.75. The van der Waals surface area contributed by atoms with Gasteiger partial charge < -0.3 is 30.0 Å². The van der Waals surface area contributed by atoms with Crippen LogP contribution >= 0.6 is 23.2 Å². The Morgan fingerprint density at radius 2 is 1.71 bits per heavy atom. The minimum atomic E-state index is -1.16. The zero-order valence-electron chi connectivity index (χ0n) is 21.1. The number of rotatable bonds is 5. The van der Waals surface area contributed by atoms with Crippen molar-refractivity contribution in [3.05, 3.63) is 81.8 Å². The zero-order chi connectivity index (χ0) is 26.4. The number of ether oxygens (including phenoxy) is 2. The minimum absolute atomic E-state index is 0. The summed E-state index contributed by atoms with van der Waals surface area (Å²) in [5.74, 6) is -1.27. The van der Waals surface area contributed by atoms with Crippen molar-refractivity contribution in [2.24, 2.45) is 5.73 Å². The van der Waals surface area contributed by atoms with Crippen LogP contribution in [0.3, 0.4) is 0 Å². The fourth-order valence-electron chi connectivity index (χ4n) is 4.35. The van der Waals surface area contributed by atoms with Gasteiger partial charge in [-0.15, -0.1) is 0 Å². The van der Waals surface area contributed by atoms with E-state index in [1.54, 1.807) is 18.2 Å². The van der Waals surface area contributed by atoms with Crippen molar-refractivity contribution >= 4 is 40.8 Å². The van der Waals surface area contributed by atoms with Crippen LogP contribution in [0.1, 0.15) is 47.5 Å². The number of nitrogens with zero attached hydrogens (tertiary/aromatic N) is 1. The SMILES string of the molecule is Clc1cccc(N2CCCCC2)c1.NC(=O)c1ccc(Oc2cc3c(cc2Cl)C(C(=O)[O-])CCO3)cc1.[Na+]. The molecule has 1 saturated heterocycles. The van der Waals surface area contributed by atoms with Gasteiger partial charge in [0.25, 0.3) is 0 Å². The van der Waals surface area contributed by atoms with Crippen molar-refractivity contribution in [3.63, 3.8) is 0 Å². The summed E-state index contributed by atoms with van der Waals surface area (Å²) in [6, 6.07) is 17.4. The van der Waals surface area contributed by atoms with Crippen LogP contribution < -0.4 is 54.8 Å². The topological polar surface area (TPSA) is 105 Å². The molecule has 2 aliphatic rings. The number of hydrogen-bond acceptors (Lipinski definition) is 6. The molecule has 0 aliphatic carbocycles. The average molecular weight is 565 g/mol. The number of fused-ring (bicyclic) bond motifs is 1. The summed E-state index contributed by atoms with van der Waals surface area (Å²) in [5.41, 5.74) is 7.29. The number of primary amides is 1. The number of piperidine rings is 1.